The van der Waals surface area contributed by atoms with Gasteiger partial charge in [-0.05, 0) is 30.5 Å². The molecule has 0 aliphatic carbocycles. The van der Waals surface area contributed by atoms with Gasteiger partial charge in [-0.15, -0.1) is 0 Å². The lowest BCUT2D eigenvalue weighted by molar-refractivity contribution is -0.117. The molecule has 0 aromatic carbocycles. The standard InChI is InChI=1S/C13H18N2O2/c1-2-12(7-9-16)15-13(17)6-5-11-4-3-8-14-10-11/h3-6,8,10,12,16H,2,7,9H2,1H3,(H,15,17)/b6-5+. The monoisotopic (exact) mass is 234 g/mol. The second-order valence-electron chi connectivity index (χ2n) is 3.75. The van der Waals surface area contributed by atoms with Crippen molar-refractivity contribution in [1.29, 1.82) is 0 Å². The third-order valence-corrected chi connectivity index (χ3v) is 2.43. The first-order chi connectivity index (χ1) is 8.26. The Bertz CT molecular complexity index is 363. The van der Waals surface area contributed by atoms with Crippen LogP contribution in [-0.4, -0.2) is 28.6 Å². The lowest BCUT2D eigenvalue weighted by atomic mass is 10.1. The molecule has 4 heteroatoms. The summed E-state index contributed by atoms with van der Waals surface area (Å²) in [6, 6.07) is 3.73. The van der Waals surface area contributed by atoms with Crippen molar-refractivity contribution in [2.24, 2.45) is 0 Å². The second-order valence-corrected chi connectivity index (χ2v) is 3.75. The normalized spacial score (nSPS) is 12.6. The van der Waals surface area contributed by atoms with Crippen LogP contribution in [0.1, 0.15) is 25.3 Å². The van der Waals surface area contributed by atoms with Crippen molar-refractivity contribution in [3.8, 4) is 0 Å². The highest BCUT2D eigenvalue weighted by molar-refractivity contribution is 5.91. The molecule has 92 valence electrons. The molecule has 1 heterocycles. The maximum absolute atomic E-state index is 11.6. The van der Waals surface area contributed by atoms with Gasteiger partial charge in [0.25, 0.3) is 0 Å². The Morgan fingerprint density at radius 1 is 1.65 bits per heavy atom. The number of hydrogen-bond acceptors (Lipinski definition) is 3. The molecule has 0 aliphatic heterocycles. The van der Waals surface area contributed by atoms with Crippen LogP contribution in [0.15, 0.2) is 30.6 Å². The SMILES string of the molecule is CCC(CCO)NC(=O)/C=C/c1cccnc1. The van der Waals surface area contributed by atoms with E-state index in [0.717, 1.165) is 12.0 Å². The van der Waals surface area contributed by atoms with E-state index in [9.17, 15) is 4.79 Å². The van der Waals surface area contributed by atoms with Gasteiger partial charge in [0.05, 0.1) is 0 Å². The number of aliphatic hydroxyl groups is 1. The number of hydrogen-bond donors (Lipinski definition) is 2. The Kier molecular flexibility index (Phi) is 5.96. The number of amides is 1. The van der Waals surface area contributed by atoms with Gasteiger partial charge in [0, 0.05) is 31.1 Å². The number of nitrogens with zero attached hydrogens (tertiary/aromatic N) is 1. The van der Waals surface area contributed by atoms with E-state index in [1.807, 2.05) is 19.1 Å². The maximum Gasteiger partial charge on any atom is 0.244 e. The first-order valence-corrected chi connectivity index (χ1v) is 5.75. The molecule has 0 spiro atoms. The van der Waals surface area contributed by atoms with Gasteiger partial charge >= 0.3 is 0 Å². The fourth-order valence-electron chi connectivity index (χ4n) is 1.43. The zero-order chi connectivity index (χ0) is 12.5. The Morgan fingerprint density at radius 2 is 2.47 bits per heavy atom. The van der Waals surface area contributed by atoms with Crippen LogP contribution >= 0.6 is 0 Å². The zero-order valence-corrected chi connectivity index (χ0v) is 9.97. The third kappa shape index (κ3) is 5.26. The summed E-state index contributed by atoms with van der Waals surface area (Å²) in [5.41, 5.74) is 0.887. The van der Waals surface area contributed by atoms with Crippen molar-refractivity contribution in [2.75, 3.05) is 6.61 Å². The molecule has 1 unspecified atom stereocenters. The maximum atomic E-state index is 11.6. The summed E-state index contributed by atoms with van der Waals surface area (Å²) in [6.45, 7) is 2.07. The molecule has 0 aliphatic rings. The minimum absolute atomic E-state index is 0.0334. The molecule has 1 aromatic rings. The molecule has 0 saturated heterocycles. The summed E-state index contributed by atoms with van der Waals surface area (Å²) in [5.74, 6) is -0.144. The van der Waals surface area contributed by atoms with Crippen LogP contribution in [0.4, 0.5) is 0 Å². The molecule has 1 amide bonds. The first-order valence-electron chi connectivity index (χ1n) is 5.75. The molecule has 0 bridgehead atoms. The Labute approximate surface area is 101 Å². The fourth-order valence-corrected chi connectivity index (χ4v) is 1.43. The van der Waals surface area contributed by atoms with Gasteiger partial charge in [-0.25, -0.2) is 0 Å². The van der Waals surface area contributed by atoms with E-state index in [-0.39, 0.29) is 18.6 Å². The molecule has 0 saturated carbocycles. The van der Waals surface area contributed by atoms with Crippen LogP contribution in [-0.2, 0) is 4.79 Å². The van der Waals surface area contributed by atoms with E-state index >= 15 is 0 Å². The topological polar surface area (TPSA) is 62.2 Å². The van der Waals surface area contributed by atoms with Crippen molar-refractivity contribution in [3.05, 3.63) is 36.2 Å². The molecule has 17 heavy (non-hydrogen) atoms. The van der Waals surface area contributed by atoms with Crippen molar-refractivity contribution in [1.82, 2.24) is 10.3 Å². The number of aromatic nitrogens is 1. The largest absolute Gasteiger partial charge is 0.396 e. The lowest BCUT2D eigenvalue weighted by Crippen LogP contribution is -2.33. The summed E-state index contributed by atoms with van der Waals surface area (Å²) >= 11 is 0. The van der Waals surface area contributed by atoms with Crippen LogP contribution in [0.3, 0.4) is 0 Å². The Hall–Kier alpha value is -1.68. The van der Waals surface area contributed by atoms with Crippen molar-refractivity contribution >= 4 is 12.0 Å². The molecule has 2 N–H and O–H groups in total. The van der Waals surface area contributed by atoms with Crippen LogP contribution in [0.2, 0.25) is 0 Å². The molecule has 0 fully saturated rings. The van der Waals surface area contributed by atoms with E-state index in [4.69, 9.17) is 5.11 Å². The van der Waals surface area contributed by atoms with Gasteiger partial charge < -0.3 is 10.4 Å². The molecule has 1 atom stereocenters. The van der Waals surface area contributed by atoms with Crippen LogP contribution in [0, 0.1) is 0 Å². The highest BCUT2D eigenvalue weighted by atomic mass is 16.3. The van der Waals surface area contributed by atoms with Crippen molar-refractivity contribution < 1.29 is 9.90 Å². The predicted octanol–water partition coefficient (Wildman–Crippen LogP) is 1.37. The summed E-state index contributed by atoms with van der Waals surface area (Å²) < 4.78 is 0. The average molecular weight is 234 g/mol. The highest BCUT2D eigenvalue weighted by Gasteiger charge is 2.06. The first kappa shape index (κ1) is 13.4. The van der Waals surface area contributed by atoms with Gasteiger partial charge in [0.2, 0.25) is 5.91 Å². The Balaban J connectivity index is 2.46. The van der Waals surface area contributed by atoms with Gasteiger partial charge in [-0.2, -0.15) is 0 Å². The summed E-state index contributed by atoms with van der Waals surface area (Å²) in [4.78, 5) is 15.5. The second kappa shape index (κ2) is 7.57. The number of rotatable bonds is 6. The van der Waals surface area contributed by atoms with Gasteiger partial charge in [-0.3, -0.25) is 9.78 Å². The number of pyridine rings is 1. The number of carbonyl (C=O) groups excluding carboxylic acids is 1. The number of aliphatic hydroxyl groups excluding tert-OH is 1. The quantitative estimate of drug-likeness (QED) is 0.731. The summed E-state index contributed by atoms with van der Waals surface area (Å²) in [6.07, 6.45) is 7.97. The third-order valence-electron chi connectivity index (χ3n) is 2.43. The van der Waals surface area contributed by atoms with Crippen LogP contribution in [0.25, 0.3) is 6.08 Å². The molecule has 1 aromatic heterocycles. The van der Waals surface area contributed by atoms with Crippen molar-refractivity contribution in [2.45, 2.75) is 25.8 Å². The van der Waals surface area contributed by atoms with E-state index in [1.165, 1.54) is 6.08 Å². The average Bonchev–Trinajstić information content (AvgIpc) is 2.37. The van der Waals surface area contributed by atoms with Crippen molar-refractivity contribution in [3.63, 3.8) is 0 Å². The number of carbonyl (C=O) groups is 1. The van der Waals surface area contributed by atoms with Gasteiger partial charge in [-0.1, -0.05) is 13.0 Å². The minimum Gasteiger partial charge on any atom is -0.396 e. The summed E-state index contributed by atoms with van der Waals surface area (Å²) in [7, 11) is 0. The highest BCUT2D eigenvalue weighted by Crippen LogP contribution is 2.00. The molecule has 1 rings (SSSR count). The molecular weight excluding hydrogens is 216 g/mol. The zero-order valence-electron chi connectivity index (χ0n) is 9.97. The van der Waals surface area contributed by atoms with Gasteiger partial charge in [0.15, 0.2) is 0 Å². The van der Waals surface area contributed by atoms with E-state index in [2.05, 4.69) is 10.3 Å². The van der Waals surface area contributed by atoms with E-state index in [1.54, 1.807) is 18.5 Å². The summed E-state index contributed by atoms with van der Waals surface area (Å²) in [5, 5.41) is 11.6. The molecule has 0 radical (unpaired) electrons. The van der Waals surface area contributed by atoms with E-state index in [0.29, 0.717) is 6.42 Å². The van der Waals surface area contributed by atoms with Gasteiger partial charge in [0.1, 0.15) is 0 Å². The fraction of sp³-hybridized carbons (Fsp3) is 0.385. The lowest BCUT2D eigenvalue weighted by Gasteiger charge is -2.13. The molecule has 4 nitrogen and oxygen atoms in total. The predicted molar refractivity (Wildman–Crippen MR) is 67.2 cm³/mol. The van der Waals surface area contributed by atoms with E-state index < -0.39 is 0 Å². The Morgan fingerprint density at radius 3 is 3.06 bits per heavy atom. The van der Waals surface area contributed by atoms with Crippen LogP contribution in [0.5, 0.6) is 0 Å². The number of nitrogens with one attached hydrogen (secondary N) is 1. The molecular formula is C13H18N2O2. The van der Waals surface area contributed by atoms with Crippen LogP contribution < -0.4 is 5.32 Å². The smallest absolute Gasteiger partial charge is 0.244 e. The minimum atomic E-state index is -0.144.